The number of amides is 1. The fourth-order valence-corrected chi connectivity index (χ4v) is 2.30. The summed E-state index contributed by atoms with van der Waals surface area (Å²) in [6, 6.07) is 5.86. The van der Waals surface area contributed by atoms with Crippen molar-refractivity contribution in [2.24, 2.45) is 0 Å². The summed E-state index contributed by atoms with van der Waals surface area (Å²) >= 11 is 6.07. The first kappa shape index (κ1) is 17.0. The highest BCUT2D eigenvalue weighted by Gasteiger charge is 2.26. The maximum atomic E-state index is 12.0. The maximum absolute atomic E-state index is 12.0. The normalized spacial score (nSPS) is 11.4. The molecule has 0 fully saturated rings. The third-order valence-electron chi connectivity index (χ3n) is 3.94. The van der Waals surface area contributed by atoms with Crippen molar-refractivity contribution in [1.29, 1.82) is 0 Å². The number of carbonyl (C=O) groups excluding carboxylic acids is 1. The number of aliphatic hydroxyl groups excluding tert-OH is 1. The fourth-order valence-electron chi connectivity index (χ4n) is 2.10. The molecule has 3 nitrogen and oxygen atoms in total. The molecule has 20 heavy (non-hydrogen) atoms. The van der Waals surface area contributed by atoms with E-state index in [9.17, 15) is 9.90 Å². The van der Waals surface area contributed by atoms with Crippen LogP contribution < -0.4 is 5.32 Å². The number of aryl methyl sites for hydroxylation is 2. The van der Waals surface area contributed by atoms with Crippen LogP contribution in [0.1, 0.15) is 44.2 Å². The van der Waals surface area contributed by atoms with Gasteiger partial charge >= 0.3 is 0 Å². The number of halogens is 1. The quantitative estimate of drug-likeness (QED) is 0.811. The zero-order valence-electron chi connectivity index (χ0n) is 12.5. The van der Waals surface area contributed by atoms with Crippen LogP contribution in [0.5, 0.6) is 0 Å². The van der Waals surface area contributed by atoms with Gasteiger partial charge in [0, 0.05) is 11.4 Å². The van der Waals surface area contributed by atoms with Gasteiger partial charge in [-0.2, -0.15) is 0 Å². The van der Waals surface area contributed by atoms with Crippen LogP contribution in [-0.2, 0) is 11.2 Å². The predicted molar refractivity (Wildman–Crippen MR) is 83.1 cm³/mol. The van der Waals surface area contributed by atoms with Crippen molar-refractivity contribution in [3.8, 4) is 0 Å². The Balaban J connectivity index is 2.56. The maximum Gasteiger partial charge on any atom is 0.220 e. The van der Waals surface area contributed by atoms with Crippen LogP contribution in [0.2, 0.25) is 5.02 Å². The molecule has 2 N–H and O–H groups in total. The van der Waals surface area contributed by atoms with Gasteiger partial charge in [0.05, 0.1) is 12.1 Å². The zero-order valence-corrected chi connectivity index (χ0v) is 13.3. The molecule has 0 radical (unpaired) electrons. The molecule has 1 amide bonds. The Morgan fingerprint density at radius 3 is 2.50 bits per heavy atom. The molecule has 0 aliphatic carbocycles. The van der Waals surface area contributed by atoms with E-state index < -0.39 is 5.54 Å². The summed E-state index contributed by atoms with van der Waals surface area (Å²) < 4.78 is 0. The zero-order chi connectivity index (χ0) is 15.2. The van der Waals surface area contributed by atoms with Crippen molar-refractivity contribution >= 4 is 17.5 Å². The molecule has 0 saturated heterocycles. The number of carbonyl (C=O) groups is 1. The minimum Gasteiger partial charge on any atom is -0.394 e. The Morgan fingerprint density at radius 2 is 2.00 bits per heavy atom. The highest BCUT2D eigenvalue weighted by atomic mass is 35.5. The molecular weight excluding hydrogens is 274 g/mol. The molecule has 0 atom stereocenters. The SMILES string of the molecule is CCC(CC)(CO)NC(=O)CCc1ccc(C)c(Cl)c1. The van der Waals surface area contributed by atoms with E-state index in [4.69, 9.17) is 11.6 Å². The van der Waals surface area contributed by atoms with Gasteiger partial charge in [-0.05, 0) is 43.4 Å². The Hall–Kier alpha value is -1.06. The third-order valence-corrected chi connectivity index (χ3v) is 4.34. The lowest BCUT2D eigenvalue weighted by molar-refractivity contribution is -0.123. The van der Waals surface area contributed by atoms with Gasteiger partial charge in [0.15, 0.2) is 0 Å². The molecule has 0 saturated carbocycles. The monoisotopic (exact) mass is 297 g/mol. The molecular formula is C16H24ClNO2. The standard InChI is InChI=1S/C16H24ClNO2/c1-4-16(5-2,11-19)18-15(20)9-8-13-7-6-12(3)14(17)10-13/h6-7,10,19H,4-5,8-9,11H2,1-3H3,(H,18,20). The van der Waals surface area contributed by atoms with Gasteiger partial charge in [-0.25, -0.2) is 0 Å². The molecule has 0 heterocycles. The second-order valence-corrected chi connectivity index (χ2v) is 5.68. The summed E-state index contributed by atoms with van der Waals surface area (Å²) in [6.07, 6.45) is 2.51. The molecule has 112 valence electrons. The average Bonchev–Trinajstić information content (AvgIpc) is 2.46. The van der Waals surface area contributed by atoms with Gasteiger partial charge < -0.3 is 10.4 Å². The molecule has 0 bridgehead atoms. The van der Waals surface area contributed by atoms with Gasteiger partial charge in [-0.3, -0.25) is 4.79 Å². The van der Waals surface area contributed by atoms with Crippen LogP contribution >= 0.6 is 11.6 Å². The predicted octanol–water partition coefficient (Wildman–Crippen LogP) is 3.25. The topological polar surface area (TPSA) is 49.3 Å². The van der Waals surface area contributed by atoms with E-state index in [0.29, 0.717) is 12.8 Å². The summed E-state index contributed by atoms with van der Waals surface area (Å²) in [5, 5.41) is 13.1. The van der Waals surface area contributed by atoms with E-state index in [0.717, 1.165) is 29.0 Å². The van der Waals surface area contributed by atoms with E-state index >= 15 is 0 Å². The number of hydrogen-bond acceptors (Lipinski definition) is 2. The van der Waals surface area contributed by atoms with E-state index in [1.165, 1.54) is 0 Å². The van der Waals surface area contributed by atoms with E-state index in [-0.39, 0.29) is 12.5 Å². The Labute approximate surface area is 126 Å². The first-order valence-electron chi connectivity index (χ1n) is 7.13. The molecule has 1 aromatic rings. The van der Waals surface area contributed by atoms with Crippen LogP contribution in [0.25, 0.3) is 0 Å². The first-order chi connectivity index (χ1) is 9.46. The van der Waals surface area contributed by atoms with Crippen molar-refractivity contribution in [3.63, 3.8) is 0 Å². The molecule has 0 unspecified atom stereocenters. The van der Waals surface area contributed by atoms with Crippen LogP contribution in [0.15, 0.2) is 18.2 Å². The van der Waals surface area contributed by atoms with E-state index in [2.05, 4.69) is 5.32 Å². The summed E-state index contributed by atoms with van der Waals surface area (Å²) in [4.78, 5) is 12.0. The van der Waals surface area contributed by atoms with Crippen LogP contribution in [0.3, 0.4) is 0 Å². The average molecular weight is 298 g/mol. The molecule has 1 rings (SSSR count). The lowest BCUT2D eigenvalue weighted by Gasteiger charge is -2.30. The van der Waals surface area contributed by atoms with Gasteiger partial charge in [0.2, 0.25) is 5.91 Å². The van der Waals surface area contributed by atoms with Crippen LogP contribution in [0.4, 0.5) is 0 Å². The third kappa shape index (κ3) is 4.50. The first-order valence-corrected chi connectivity index (χ1v) is 7.51. The van der Waals surface area contributed by atoms with Crippen LogP contribution in [0, 0.1) is 6.92 Å². The van der Waals surface area contributed by atoms with E-state index in [1.807, 2.05) is 39.0 Å². The van der Waals surface area contributed by atoms with Crippen molar-refractivity contribution in [1.82, 2.24) is 5.32 Å². The number of benzene rings is 1. The summed E-state index contributed by atoms with van der Waals surface area (Å²) in [7, 11) is 0. The smallest absolute Gasteiger partial charge is 0.220 e. The second-order valence-electron chi connectivity index (χ2n) is 5.28. The van der Waals surface area contributed by atoms with Crippen molar-refractivity contribution in [3.05, 3.63) is 34.3 Å². The Morgan fingerprint density at radius 1 is 1.35 bits per heavy atom. The number of rotatable bonds is 7. The fraction of sp³-hybridized carbons (Fsp3) is 0.562. The highest BCUT2D eigenvalue weighted by molar-refractivity contribution is 6.31. The number of nitrogens with one attached hydrogen (secondary N) is 1. The molecule has 1 aromatic carbocycles. The van der Waals surface area contributed by atoms with Crippen molar-refractivity contribution in [2.45, 2.75) is 52.0 Å². The van der Waals surface area contributed by atoms with E-state index in [1.54, 1.807) is 0 Å². The summed E-state index contributed by atoms with van der Waals surface area (Å²) in [5.41, 5.74) is 1.61. The number of hydrogen-bond donors (Lipinski definition) is 2. The second kappa shape index (κ2) is 7.65. The van der Waals surface area contributed by atoms with Gasteiger partial charge in [-0.1, -0.05) is 37.6 Å². The highest BCUT2D eigenvalue weighted by Crippen LogP contribution is 2.18. The van der Waals surface area contributed by atoms with Crippen molar-refractivity contribution in [2.75, 3.05) is 6.61 Å². The molecule has 0 aromatic heterocycles. The summed E-state index contributed by atoms with van der Waals surface area (Å²) in [5.74, 6) is -0.0283. The molecule has 0 aliphatic rings. The van der Waals surface area contributed by atoms with Gasteiger partial charge in [0.1, 0.15) is 0 Å². The largest absolute Gasteiger partial charge is 0.394 e. The Bertz CT molecular complexity index is 448. The summed E-state index contributed by atoms with van der Waals surface area (Å²) in [6.45, 7) is 5.87. The molecule has 0 aliphatic heterocycles. The lowest BCUT2D eigenvalue weighted by atomic mass is 9.93. The molecule has 4 heteroatoms. The Kier molecular flexibility index (Phi) is 6.50. The van der Waals surface area contributed by atoms with Gasteiger partial charge in [-0.15, -0.1) is 0 Å². The molecule has 0 spiro atoms. The minimum absolute atomic E-state index is 0.0257. The lowest BCUT2D eigenvalue weighted by Crippen LogP contribution is -2.50. The minimum atomic E-state index is -0.484. The number of aliphatic hydroxyl groups is 1. The van der Waals surface area contributed by atoms with Gasteiger partial charge in [0.25, 0.3) is 0 Å². The van der Waals surface area contributed by atoms with Crippen LogP contribution in [-0.4, -0.2) is 23.2 Å². The van der Waals surface area contributed by atoms with Crippen molar-refractivity contribution < 1.29 is 9.90 Å².